The van der Waals surface area contributed by atoms with Gasteiger partial charge in [-0.25, -0.2) is 0 Å². The van der Waals surface area contributed by atoms with E-state index in [1.807, 2.05) is 0 Å². The summed E-state index contributed by atoms with van der Waals surface area (Å²) in [5, 5.41) is 0. The minimum atomic E-state index is 0. The van der Waals surface area contributed by atoms with E-state index in [1.165, 1.54) is 0 Å². The van der Waals surface area contributed by atoms with E-state index in [2.05, 4.69) is 0 Å². The Bertz CT molecular complexity index is 21.3. The van der Waals surface area contributed by atoms with E-state index in [9.17, 15) is 0 Å². The zero-order chi connectivity index (χ0) is 0. The summed E-state index contributed by atoms with van der Waals surface area (Å²) in [7, 11) is 0. The predicted octanol–water partition coefficient (Wildman–Crippen LogP) is 2.87. The molecule has 0 aromatic carbocycles. The van der Waals surface area contributed by atoms with Crippen molar-refractivity contribution in [3.8, 4) is 0 Å². The predicted molar refractivity (Wildman–Crippen MR) is 33.6 cm³/mol. The quantitative estimate of drug-likeness (QED) is 0.378. The molecule has 10 nitrogen and oxygen atoms in total. The van der Waals surface area contributed by atoms with E-state index in [0.29, 0.717) is 0 Å². The Labute approximate surface area is 182 Å². The van der Waals surface area contributed by atoms with Crippen LogP contribution < -0.4 is 0 Å². The second kappa shape index (κ2) is 449. The van der Waals surface area contributed by atoms with Crippen LogP contribution in [0.4, 0.5) is 0 Å². The first kappa shape index (κ1) is 529. The van der Waals surface area contributed by atoms with Gasteiger partial charge in [0, 0.05) is 0 Å². The van der Waals surface area contributed by atoms with Gasteiger partial charge in [0.25, 0.3) is 0 Å². The van der Waals surface area contributed by atoms with E-state index in [4.69, 9.17) is 0 Å². The van der Waals surface area contributed by atoms with Gasteiger partial charge < -0.3 is 61.5 Å². The Morgan fingerprint density at radius 1 is 0.188 bits per heavy atom. The van der Waals surface area contributed by atoms with Crippen LogP contribution in [0.2, 0.25) is 0 Å². The zero-order valence-corrected chi connectivity index (χ0v) is 17.9. The maximum Gasteiger partial charge on any atom is 5.00 e. The molecule has 0 rings (SSSR count). The van der Waals surface area contributed by atoms with Crippen LogP contribution in [0.25, 0.3) is 61.5 Å². The molecule has 80 valence electrons. The molecule has 0 aromatic heterocycles. The van der Waals surface area contributed by atoms with Crippen LogP contribution in [0, 0.1) is 0 Å². The molecule has 16 heavy (non-hydrogen) atoms. The molecule has 0 atom stereocenters. The summed E-state index contributed by atoms with van der Waals surface area (Å²) in [6, 6.07) is 0. The molecule has 0 aliphatic rings. The number of nitrogens with zero attached hydrogens (tertiary/aromatic N) is 10. The van der Waals surface area contributed by atoms with Crippen LogP contribution in [0.3, 0.4) is 0 Å². The SMILES string of the molecule is [N-3].[N-3].[N-3].[N-3].[N-3].[N-3].[N-3].[N-3].[N-3].[N-3].[Nb+5].[Nb+5].[Nb+5].[V+5].[V+5].[V+5]. The van der Waals surface area contributed by atoms with Crippen molar-refractivity contribution in [3.05, 3.63) is 61.5 Å². The minimum absolute atomic E-state index is 0. The van der Waals surface area contributed by atoms with Crippen molar-refractivity contribution >= 4 is 0 Å². The standard InChI is InChI=1S/10N.3Nb.3V/q10*-3;6*+5. The van der Waals surface area contributed by atoms with Crippen molar-refractivity contribution in [2.75, 3.05) is 0 Å². The molecule has 0 aliphatic carbocycles. The summed E-state index contributed by atoms with van der Waals surface area (Å²) < 4.78 is 0. The van der Waals surface area contributed by atoms with Gasteiger partial charge in [-0.1, -0.05) is 0 Å². The molecule has 0 amide bonds. The molecule has 0 heterocycles. The van der Waals surface area contributed by atoms with Crippen LogP contribution >= 0.6 is 0 Å². The van der Waals surface area contributed by atoms with Crippen LogP contribution in [0.15, 0.2) is 0 Å². The largest absolute Gasteiger partial charge is 5.00 e. The van der Waals surface area contributed by atoms with Crippen LogP contribution in [0.1, 0.15) is 0 Å². The fraction of sp³-hybridized carbons (Fsp3) is 0. The van der Waals surface area contributed by atoms with E-state index < -0.39 is 0 Å². The molecule has 0 N–H and O–H groups in total. The maximum atomic E-state index is 0. The Morgan fingerprint density at radius 3 is 0.188 bits per heavy atom. The van der Waals surface area contributed by atoms with Gasteiger partial charge in [0.1, 0.15) is 0 Å². The first-order valence-corrected chi connectivity index (χ1v) is 0. The van der Waals surface area contributed by atoms with Crippen molar-refractivity contribution in [1.82, 2.24) is 0 Å². The fourth-order valence-corrected chi connectivity index (χ4v) is 0. The molecule has 0 bridgehead atoms. The van der Waals surface area contributed by atoms with Gasteiger partial charge in [-0.05, 0) is 0 Å². The van der Waals surface area contributed by atoms with Gasteiger partial charge in [-0.2, -0.15) is 0 Å². The Hall–Kier alpha value is 3.57. The van der Waals surface area contributed by atoms with Gasteiger partial charge in [-0.15, -0.1) is 0 Å². The summed E-state index contributed by atoms with van der Waals surface area (Å²) in [6.45, 7) is 0. The average Bonchev–Trinajstić information content (AvgIpc) is 0. The molecule has 0 aromatic rings. The van der Waals surface area contributed by atoms with Crippen molar-refractivity contribution < 1.29 is 123 Å². The Balaban J connectivity index is 0. The van der Waals surface area contributed by atoms with E-state index in [1.54, 1.807) is 0 Å². The second-order valence-electron chi connectivity index (χ2n) is 0. The van der Waals surface area contributed by atoms with Crippen LogP contribution in [-0.4, -0.2) is 0 Å². The first-order valence-electron chi connectivity index (χ1n) is 0. The third-order valence-electron chi connectivity index (χ3n) is 0. The van der Waals surface area contributed by atoms with Crippen LogP contribution in [-0.2, 0) is 123 Å². The summed E-state index contributed by atoms with van der Waals surface area (Å²) in [5.74, 6) is 0. The van der Waals surface area contributed by atoms with Gasteiger partial charge in [0.2, 0.25) is 0 Å². The summed E-state index contributed by atoms with van der Waals surface area (Å²) in [4.78, 5) is 0. The normalized spacial score (nSPS) is 0. The second-order valence-corrected chi connectivity index (χ2v) is 0. The molecule has 16 heteroatoms. The first-order chi connectivity index (χ1) is 0. The number of hydrogen-bond acceptors (Lipinski definition) is 0. The number of hydrogen-bond donors (Lipinski definition) is 0. The van der Waals surface area contributed by atoms with E-state index in [-0.39, 0.29) is 184 Å². The zero-order valence-electron chi connectivity index (χ0n) is 7.16. The topological polar surface area (TPSA) is 305 Å². The van der Waals surface area contributed by atoms with Crippen molar-refractivity contribution in [2.45, 2.75) is 0 Å². The molecule has 0 radical (unpaired) electrons. The minimum Gasteiger partial charge on any atom is -3.00 e. The third kappa shape index (κ3) is 378. The van der Waals surface area contributed by atoms with E-state index >= 15 is 0 Å². The fourth-order valence-electron chi connectivity index (χ4n) is 0. The molecule has 0 saturated carbocycles. The van der Waals surface area contributed by atoms with Crippen molar-refractivity contribution in [3.63, 3.8) is 0 Å². The van der Waals surface area contributed by atoms with Gasteiger partial charge in [-0.3, -0.25) is 0 Å². The van der Waals surface area contributed by atoms with Crippen molar-refractivity contribution in [2.24, 2.45) is 0 Å². The Kier molecular flexibility index (Phi) is 14800. The molecular weight excluding hydrogens is 572 g/mol. The Morgan fingerprint density at radius 2 is 0.188 bits per heavy atom. The molecule has 0 aliphatic heterocycles. The maximum absolute atomic E-state index is 0. The summed E-state index contributed by atoms with van der Waals surface area (Å²) in [5.41, 5.74) is 0. The summed E-state index contributed by atoms with van der Waals surface area (Å²) >= 11 is 0. The molecule has 0 unspecified atom stereocenters. The smallest absolute Gasteiger partial charge is 3.00 e. The monoisotopic (exact) mass is 572 g/mol. The molecular formula is N10Nb3V3. The van der Waals surface area contributed by atoms with Gasteiger partial charge in [0.15, 0.2) is 0 Å². The number of rotatable bonds is 0. The molecule has 0 saturated heterocycles. The van der Waals surface area contributed by atoms with Gasteiger partial charge in [0.05, 0.1) is 0 Å². The molecule has 0 fully saturated rings. The van der Waals surface area contributed by atoms with Crippen LogP contribution in [0.5, 0.6) is 0 Å². The molecule has 0 spiro atoms. The van der Waals surface area contributed by atoms with Crippen molar-refractivity contribution in [1.29, 1.82) is 0 Å². The third-order valence-corrected chi connectivity index (χ3v) is 0. The summed E-state index contributed by atoms with van der Waals surface area (Å²) in [6.07, 6.45) is 0. The average molecular weight is 572 g/mol. The van der Waals surface area contributed by atoms with E-state index in [0.717, 1.165) is 0 Å². The van der Waals surface area contributed by atoms with Gasteiger partial charge >= 0.3 is 123 Å².